The average Bonchev–Trinajstić information content (AvgIpc) is 3.17. The van der Waals surface area contributed by atoms with Crippen molar-refractivity contribution in [2.75, 3.05) is 0 Å². The van der Waals surface area contributed by atoms with Crippen molar-refractivity contribution in [3.63, 3.8) is 0 Å². The van der Waals surface area contributed by atoms with Crippen molar-refractivity contribution >= 4 is 23.7 Å². The Morgan fingerprint density at radius 3 is 2.12 bits per heavy atom. The zero-order valence-corrected chi connectivity index (χ0v) is 26.0. The standard InChI is InChI=1S/C33H52O7/c1-19(10-9-15-31(5,6)40-22(4)36)23-11-12-24-29-25(13-16-32(23,24)7)33(8)17-14-28(38-20(2)34)30(39-21(3)35)26(33)18-27(29)37/h19,23-26,28-30H,9-18H2,1-8H3/t19-,23-,24+,25+,26+,28+,29+,30-,32-,33-/m1/s1. The van der Waals surface area contributed by atoms with Gasteiger partial charge in [-0.2, -0.15) is 0 Å². The van der Waals surface area contributed by atoms with Gasteiger partial charge in [-0.15, -0.1) is 0 Å². The van der Waals surface area contributed by atoms with E-state index < -0.39 is 17.8 Å². The fourth-order valence-electron chi connectivity index (χ4n) is 10.1. The van der Waals surface area contributed by atoms with E-state index >= 15 is 0 Å². The zero-order chi connectivity index (χ0) is 29.6. The van der Waals surface area contributed by atoms with E-state index in [1.807, 2.05) is 13.8 Å². The molecule has 0 saturated heterocycles. The van der Waals surface area contributed by atoms with E-state index in [4.69, 9.17) is 14.2 Å². The molecule has 7 nitrogen and oxygen atoms in total. The highest BCUT2D eigenvalue weighted by molar-refractivity contribution is 5.83. The number of ether oxygens (including phenoxy) is 3. The van der Waals surface area contributed by atoms with Gasteiger partial charge in [0.15, 0.2) is 0 Å². The van der Waals surface area contributed by atoms with Crippen molar-refractivity contribution in [2.24, 2.45) is 46.3 Å². The van der Waals surface area contributed by atoms with Crippen molar-refractivity contribution in [1.29, 1.82) is 0 Å². The minimum Gasteiger partial charge on any atom is -0.460 e. The Morgan fingerprint density at radius 2 is 1.50 bits per heavy atom. The molecule has 4 fully saturated rings. The smallest absolute Gasteiger partial charge is 0.303 e. The summed E-state index contributed by atoms with van der Waals surface area (Å²) in [5, 5.41) is 0. The highest BCUT2D eigenvalue weighted by Gasteiger charge is 2.65. The first-order valence-corrected chi connectivity index (χ1v) is 15.7. The molecule has 7 heteroatoms. The largest absolute Gasteiger partial charge is 0.460 e. The molecule has 0 radical (unpaired) electrons. The predicted molar refractivity (Wildman–Crippen MR) is 151 cm³/mol. The SMILES string of the molecule is CC(=O)O[C@H]1[C@@H](OC(C)=O)CC[C@@]2(C)[C@H]1CC(=O)[C@@H]1[C@@H]2CC[C@]2(C)[C@@H]([C@H](C)CCCC(C)(C)OC(C)=O)CC[C@@H]12. The Hall–Kier alpha value is -1.92. The highest BCUT2D eigenvalue weighted by Crippen LogP contribution is 2.68. The molecule has 4 aliphatic carbocycles. The molecule has 0 aromatic carbocycles. The molecular formula is C33H52O7. The summed E-state index contributed by atoms with van der Waals surface area (Å²) in [6, 6.07) is 0. The van der Waals surface area contributed by atoms with Gasteiger partial charge in [-0.3, -0.25) is 19.2 Å². The summed E-state index contributed by atoms with van der Waals surface area (Å²) in [6.45, 7) is 15.4. The number of ketones is 1. The highest BCUT2D eigenvalue weighted by atomic mass is 16.6. The van der Waals surface area contributed by atoms with Gasteiger partial charge in [0.25, 0.3) is 0 Å². The van der Waals surface area contributed by atoms with Crippen molar-refractivity contribution in [2.45, 2.75) is 137 Å². The topological polar surface area (TPSA) is 96.0 Å². The van der Waals surface area contributed by atoms with Gasteiger partial charge in [-0.05, 0) is 99.7 Å². The molecule has 0 aliphatic heterocycles. The molecule has 0 aromatic heterocycles. The van der Waals surface area contributed by atoms with Crippen LogP contribution in [-0.4, -0.2) is 41.5 Å². The summed E-state index contributed by atoms with van der Waals surface area (Å²) in [4.78, 5) is 49.4. The molecule has 0 unspecified atom stereocenters. The third-order valence-corrected chi connectivity index (χ3v) is 11.7. The van der Waals surface area contributed by atoms with E-state index in [2.05, 4.69) is 20.8 Å². The van der Waals surface area contributed by atoms with Gasteiger partial charge in [0.2, 0.25) is 0 Å². The first kappa shape index (κ1) is 31.0. The van der Waals surface area contributed by atoms with Crippen LogP contribution >= 0.6 is 0 Å². The molecule has 0 bridgehead atoms. The summed E-state index contributed by atoms with van der Waals surface area (Å²) < 4.78 is 16.9. The van der Waals surface area contributed by atoms with Gasteiger partial charge in [0.1, 0.15) is 23.6 Å². The van der Waals surface area contributed by atoms with Gasteiger partial charge in [-0.25, -0.2) is 0 Å². The number of carbonyl (C=O) groups excluding carboxylic acids is 4. The second kappa shape index (κ2) is 11.4. The molecule has 0 heterocycles. The fourth-order valence-corrected chi connectivity index (χ4v) is 10.1. The van der Waals surface area contributed by atoms with E-state index in [1.54, 1.807) is 0 Å². The van der Waals surface area contributed by atoms with Gasteiger partial charge < -0.3 is 14.2 Å². The minimum absolute atomic E-state index is 0.0587. The van der Waals surface area contributed by atoms with Gasteiger partial charge in [0.05, 0.1) is 0 Å². The molecule has 4 rings (SSSR count). The van der Waals surface area contributed by atoms with E-state index in [0.29, 0.717) is 36.4 Å². The number of carbonyl (C=O) groups is 4. The average molecular weight is 561 g/mol. The lowest BCUT2D eigenvalue weighted by Crippen LogP contribution is -2.62. The maximum Gasteiger partial charge on any atom is 0.303 e. The Bertz CT molecular complexity index is 1000. The van der Waals surface area contributed by atoms with Crippen molar-refractivity contribution in [3.05, 3.63) is 0 Å². The second-order valence-electron chi connectivity index (χ2n) is 14.7. The van der Waals surface area contributed by atoms with Crippen LogP contribution in [0.1, 0.15) is 120 Å². The van der Waals surface area contributed by atoms with Crippen LogP contribution < -0.4 is 0 Å². The van der Waals surface area contributed by atoms with Crippen LogP contribution in [0.5, 0.6) is 0 Å². The van der Waals surface area contributed by atoms with Crippen LogP contribution in [0.4, 0.5) is 0 Å². The van der Waals surface area contributed by atoms with E-state index in [9.17, 15) is 19.2 Å². The maximum atomic E-state index is 14.0. The first-order chi connectivity index (χ1) is 18.6. The van der Waals surface area contributed by atoms with E-state index in [1.165, 1.54) is 20.8 Å². The number of fused-ring (bicyclic) bond motifs is 5. The zero-order valence-electron chi connectivity index (χ0n) is 26.0. The lowest BCUT2D eigenvalue weighted by atomic mass is 9.43. The predicted octanol–water partition coefficient (Wildman–Crippen LogP) is 6.45. The van der Waals surface area contributed by atoms with Crippen molar-refractivity contribution in [3.8, 4) is 0 Å². The molecule has 40 heavy (non-hydrogen) atoms. The van der Waals surface area contributed by atoms with Crippen molar-refractivity contribution in [1.82, 2.24) is 0 Å². The Balaban J connectivity index is 1.49. The lowest BCUT2D eigenvalue weighted by Gasteiger charge is -2.61. The molecule has 10 atom stereocenters. The molecule has 0 spiro atoms. The first-order valence-electron chi connectivity index (χ1n) is 15.7. The monoisotopic (exact) mass is 560 g/mol. The molecule has 0 amide bonds. The van der Waals surface area contributed by atoms with Gasteiger partial charge >= 0.3 is 17.9 Å². The molecule has 4 saturated carbocycles. The van der Waals surface area contributed by atoms with E-state index in [-0.39, 0.29) is 46.5 Å². The van der Waals surface area contributed by atoms with Crippen LogP contribution in [0.3, 0.4) is 0 Å². The van der Waals surface area contributed by atoms with E-state index in [0.717, 1.165) is 51.4 Å². The maximum absolute atomic E-state index is 14.0. The van der Waals surface area contributed by atoms with Crippen LogP contribution in [-0.2, 0) is 33.4 Å². The number of Topliss-reactive ketones (excluding diaryl/α,β-unsaturated/α-hetero) is 1. The third kappa shape index (κ3) is 5.86. The van der Waals surface area contributed by atoms with Crippen LogP contribution in [0.15, 0.2) is 0 Å². The second-order valence-corrected chi connectivity index (χ2v) is 14.7. The Morgan fingerprint density at radius 1 is 0.875 bits per heavy atom. The fraction of sp³-hybridized carbons (Fsp3) is 0.879. The minimum atomic E-state index is -0.564. The normalized spacial score (nSPS) is 39.8. The quantitative estimate of drug-likeness (QED) is 0.249. The number of esters is 3. The summed E-state index contributed by atoms with van der Waals surface area (Å²) in [7, 11) is 0. The molecule has 226 valence electrons. The van der Waals surface area contributed by atoms with Gasteiger partial charge in [0, 0.05) is 39.0 Å². The van der Waals surface area contributed by atoms with Crippen LogP contribution in [0, 0.1) is 46.3 Å². The number of rotatable bonds is 8. The summed E-state index contributed by atoms with van der Waals surface area (Å²) in [5.41, 5.74) is -0.414. The number of hydrogen-bond acceptors (Lipinski definition) is 7. The Kier molecular flexibility index (Phi) is 8.84. The summed E-state index contributed by atoms with van der Waals surface area (Å²) in [5.74, 6) is 1.06. The molecular weight excluding hydrogens is 508 g/mol. The Labute approximate surface area is 240 Å². The summed E-state index contributed by atoms with van der Waals surface area (Å²) >= 11 is 0. The van der Waals surface area contributed by atoms with Crippen molar-refractivity contribution < 1.29 is 33.4 Å². The van der Waals surface area contributed by atoms with Gasteiger partial charge in [-0.1, -0.05) is 27.2 Å². The van der Waals surface area contributed by atoms with Crippen LogP contribution in [0.2, 0.25) is 0 Å². The molecule has 4 aliphatic rings. The lowest BCUT2D eigenvalue weighted by molar-refractivity contribution is -0.205. The molecule has 0 N–H and O–H groups in total. The molecule has 0 aromatic rings. The third-order valence-electron chi connectivity index (χ3n) is 11.7. The number of hydrogen-bond donors (Lipinski definition) is 0. The van der Waals surface area contributed by atoms with Crippen LogP contribution in [0.25, 0.3) is 0 Å². The summed E-state index contributed by atoms with van der Waals surface area (Å²) in [6.07, 6.45) is 8.25.